The second-order valence-electron chi connectivity index (χ2n) is 6.49. The van der Waals surface area contributed by atoms with Crippen molar-refractivity contribution < 1.29 is 9.59 Å². The van der Waals surface area contributed by atoms with Crippen molar-refractivity contribution in [3.05, 3.63) is 35.4 Å². The molecule has 0 N–H and O–H groups in total. The molecule has 0 radical (unpaired) electrons. The number of aliphatic imine (C=N–C) groups is 1. The van der Waals surface area contributed by atoms with Gasteiger partial charge in [0.2, 0.25) is 5.78 Å². The highest BCUT2D eigenvalue weighted by atomic mass is 35.5. The van der Waals surface area contributed by atoms with Gasteiger partial charge in [-0.2, -0.15) is 0 Å². The molecule has 22 heavy (non-hydrogen) atoms. The Labute approximate surface area is 135 Å². The average Bonchev–Trinajstić information content (AvgIpc) is 2.52. The number of benzene rings is 1. The second kappa shape index (κ2) is 5.96. The summed E-state index contributed by atoms with van der Waals surface area (Å²) in [5, 5.41) is -0.955. The van der Waals surface area contributed by atoms with E-state index in [2.05, 4.69) is 18.8 Å². The molecule has 0 spiro atoms. The molecule has 0 amide bonds. The van der Waals surface area contributed by atoms with Crippen LogP contribution in [-0.4, -0.2) is 28.7 Å². The fourth-order valence-corrected chi connectivity index (χ4v) is 3.89. The molecule has 0 aliphatic heterocycles. The number of nitrogens with zero attached hydrogens (tertiary/aromatic N) is 1. The number of hydrogen-bond donors (Lipinski definition) is 0. The summed E-state index contributed by atoms with van der Waals surface area (Å²) in [6, 6.07) is 6.94. The Morgan fingerprint density at radius 2 is 1.64 bits per heavy atom. The summed E-state index contributed by atoms with van der Waals surface area (Å²) in [6.45, 7) is 4.33. The number of fused-ring (bicyclic) bond motifs is 1. The van der Waals surface area contributed by atoms with Crippen molar-refractivity contribution in [1.82, 2.24) is 0 Å². The third kappa shape index (κ3) is 2.52. The molecule has 2 unspecified atom stereocenters. The third-order valence-electron chi connectivity index (χ3n) is 4.91. The molecule has 4 atom stereocenters. The Kier molecular flexibility index (Phi) is 4.18. The average molecular weight is 318 g/mol. The standard InChI is InChI=1S/C18H20ClNO2/c1-10-6-5-7-11(2)15(10)20-16-14(19)17(21)12-8-3-4-9-13(12)18(16)22/h3-4,8-11,14-15H,5-7H2,1-2H3/t10-,11+,14?,15?. The molecule has 2 aliphatic rings. The first-order chi connectivity index (χ1) is 10.5. The van der Waals surface area contributed by atoms with Crippen LogP contribution in [0.5, 0.6) is 0 Å². The Morgan fingerprint density at radius 1 is 1.05 bits per heavy atom. The van der Waals surface area contributed by atoms with Gasteiger partial charge in [0.25, 0.3) is 0 Å². The van der Waals surface area contributed by atoms with Gasteiger partial charge in [-0.15, -0.1) is 11.6 Å². The Balaban J connectivity index is 2.02. The van der Waals surface area contributed by atoms with Crippen molar-refractivity contribution >= 4 is 28.9 Å². The first-order valence-corrected chi connectivity index (χ1v) is 8.34. The fraction of sp³-hybridized carbons (Fsp3) is 0.500. The molecule has 4 heteroatoms. The highest BCUT2D eigenvalue weighted by molar-refractivity contribution is 6.64. The van der Waals surface area contributed by atoms with Crippen molar-refractivity contribution in [3.63, 3.8) is 0 Å². The Bertz CT molecular complexity index is 642. The Morgan fingerprint density at radius 3 is 2.27 bits per heavy atom. The maximum Gasteiger partial charge on any atom is 0.209 e. The van der Waals surface area contributed by atoms with Gasteiger partial charge in [-0.3, -0.25) is 14.6 Å². The minimum atomic E-state index is -0.955. The zero-order valence-corrected chi connectivity index (χ0v) is 13.6. The lowest BCUT2D eigenvalue weighted by Gasteiger charge is -2.33. The molecule has 116 valence electrons. The zero-order valence-electron chi connectivity index (χ0n) is 12.9. The highest BCUT2D eigenvalue weighted by Crippen LogP contribution is 2.33. The van der Waals surface area contributed by atoms with E-state index in [-0.39, 0.29) is 23.3 Å². The van der Waals surface area contributed by atoms with Crippen LogP contribution in [-0.2, 0) is 0 Å². The molecule has 3 rings (SSSR count). The van der Waals surface area contributed by atoms with Crippen LogP contribution in [0.25, 0.3) is 0 Å². The smallest absolute Gasteiger partial charge is 0.209 e. The maximum atomic E-state index is 12.7. The first kappa shape index (κ1) is 15.4. The topological polar surface area (TPSA) is 46.5 Å². The van der Waals surface area contributed by atoms with E-state index in [9.17, 15) is 9.59 Å². The number of ketones is 2. The van der Waals surface area contributed by atoms with Crippen LogP contribution in [0, 0.1) is 11.8 Å². The van der Waals surface area contributed by atoms with Crippen molar-refractivity contribution in [2.75, 3.05) is 0 Å². The summed E-state index contributed by atoms with van der Waals surface area (Å²) in [5.41, 5.74) is 1.08. The van der Waals surface area contributed by atoms with E-state index in [0.29, 0.717) is 23.0 Å². The summed E-state index contributed by atoms with van der Waals surface area (Å²) < 4.78 is 0. The summed E-state index contributed by atoms with van der Waals surface area (Å²) >= 11 is 6.27. The van der Waals surface area contributed by atoms with E-state index in [1.165, 1.54) is 6.42 Å². The SMILES string of the molecule is C[C@@H]1CCC[C@H](C)C1N=C1C(=O)c2ccccc2C(=O)C1Cl. The molecule has 1 aromatic carbocycles. The largest absolute Gasteiger partial charge is 0.292 e. The predicted octanol–water partition coefficient (Wildman–Crippen LogP) is 3.94. The Hall–Kier alpha value is -1.48. The molecule has 1 aromatic rings. The fourth-order valence-electron chi connectivity index (χ4n) is 3.61. The summed E-state index contributed by atoms with van der Waals surface area (Å²) in [5.74, 6) is 0.423. The highest BCUT2D eigenvalue weighted by Gasteiger charge is 2.38. The summed E-state index contributed by atoms with van der Waals surface area (Å²) in [4.78, 5) is 29.8. The van der Waals surface area contributed by atoms with Crippen molar-refractivity contribution in [2.24, 2.45) is 16.8 Å². The monoisotopic (exact) mass is 317 g/mol. The number of hydrogen-bond acceptors (Lipinski definition) is 3. The number of halogens is 1. The van der Waals surface area contributed by atoms with Gasteiger partial charge in [-0.05, 0) is 24.7 Å². The predicted molar refractivity (Wildman–Crippen MR) is 88.1 cm³/mol. The van der Waals surface area contributed by atoms with Gasteiger partial charge in [-0.25, -0.2) is 0 Å². The summed E-state index contributed by atoms with van der Waals surface area (Å²) in [7, 11) is 0. The van der Waals surface area contributed by atoms with E-state index < -0.39 is 5.38 Å². The summed E-state index contributed by atoms with van der Waals surface area (Å²) in [6.07, 6.45) is 3.42. The van der Waals surface area contributed by atoms with Crippen LogP contribution in [0.2, 0.25) is 0 Å². The van der Waals surface area contributed by atoms with E-state index in [1.54, 1.807) is 24.3 Å². The minimum absolute atomic E-state index is 0.0759. The second-order valence-corrected chi connectivity index (χ2v) is 6.93. The van der Waals surface area contributed by atoms with E-state index >= 15 is 0 Å². The van der Waals surface area contributed by atoms with Gasteiger partial charge in [0.15, 0.2) is 5.78 Å². The molecule has 2 aliphatic carbocycles. The molecule has 1 saturated carbocycles. The lowest BCUT2D eigenvalue weighted by atomic mass is 9.78. The van der Waals surface area contributed by atoms with E-state index in [0.717, 1.165) is 12.8 Å². The van der Waals surface area contributed by atoms with E-state index in [1.807, 2.05) is 0 Å². The number of Topliss-reactive ketones (excluding diaryl/α,β-unsaturated/α-hetero) is 2. The van der Waals surface area contributed by atoms with Gasteiger partial charge >= 0.3 is 0 Å². The number of carbonyl (C=O) groups excluding carboxylic acids is 2. The van der Waals surface area contributed by atoms with Crippen LogP contribution in [0.15, 0.2) is 29.3 Å². The molecular formula is C18H20ClNO2. The number of carbonyl (C=O) groups is 2. The first-order valence-electron chi connectivity index (χ1n) is 7.90. The van der Waals surface area contributed by atoms with Gasteiger partial charge in [0.05, 0.1) is 6.04 Å². The molecular weight excluding hydrogens is 298 g/mol. The number of alkyl halides is 1. The zero-order chi connectivity index (χ0) is 15.9. The van der Waals surface area contributed by atoms with Crippen molar-refractivity contribution in [2.45, 2.75) is 44.5 Å². The molecule has 0 aromatic heterocycles. The van der Waals surface area contributed by atoms with Crippen molar-refractivity contribution in [1.29, 1.82) is 0 Å². The molecule has 0 heterocycles. The van der Waals surface area contributed by atoms with Gasteiger partial charge < -0.3 is 0 Å². The minimum Gasteiger partial charge on any atom is -0.292 e. The van der Waals surface area contributed by atoms with Crippen LogP contribution >= 0.6 is 11.6 Å². The van der Waals surface area contributed by atoms with Crippen LogP contribution in [0.4, 0.5) is 0 Å². The van der Waals surface area contributed by atoms with Crippen LogP contribution < -0.4 is 0 Å². The molecule has 1 fully saturated rings. The quantitative estimate of drug-likeness (QED) is 0.736. The van der Waals surface area contributed by atoms with Gasteiger partial charge in [-0.1, -0.05) is 44.5 Å². The van der Waals surface area contributed by atoms with Gasteiger partial charge in [0.1, 0.15) is 11.1 Å². The molecule has 0 saturated heterocycles. The lowest BCUT2D eigenvalue weighted by molar-refractivity contribution is 0.0966. The van der Waals surface area contributed by atoms with Crippen LogP contribution in [0.3, 0.4) is 0 Å². The third-order valence-corrected chi connectivity index (χ3v) is 5.32. The molecule has 3 nitrogen and oxygen atoms in total. The van der Waals surface area contributed by atoms with Crippen LogP contribution in [0.1, 0.15) is 53.8 Å². The van der Waals surface area contributed by atoms with E-state index in [4.69, 9.17) is 11.6 Å². The maximum absolute atomic E-state index is 12.7. The van der Waals surface area contributed by atoms with Gasteiger partial charge in [0, 0.05) is 11.1 Å². The molecule has 0 bridgehead atoms. The normalized spacial score (nSPS) is 33.9. The van der Waals surface area contributed by atoms with Crippen molar-refractivity contribution in [3.8, 4) is 0 Å². The lowest BCUT2D eigenvalue weighted by Crippen LogP contribution is -2.40. The number of rotatable bonds is 1.